The monoisotopic (exact) mass is 346 g/mol. The minimum Gasteiger partial charge on any atom is -0.382 e. The maximum absolute atomic E-state index is 5.95. The normalized spacial score (nSPS) is 11.3. The van der Waals surface area contributed by atoms with Gasteiger partial charge in [-0.05, 0) is 18.2 Å². The van der Waals surface area contributed by atoms with E-state index in [0.29, 0.717) is 25.7 Å². The lowest BCUT2D eigenvalue weighted by Crippen LogP contribution is -2.11. The third-order valence-electron chi connectivity index (χ3n) is 2.80. The molecule has 1 heterocycles. The predicted molar refractivity (Wildman–Crippen MR) is 79.7 cm³/mol. The van der Waals surface area contributed by atoms with Crippen LogP contribution in [-0.2, 0) is 21.9 Å². The first-order valence-electron chi connectivity index (χ1n) is 6.03. The van der Waals surface area contributed by atoms with Crippen LogP contribution < -0.4 is 0 Å². The third kappa shape index (κ3) is 3.69. The molecule has 0 spiro atoms. The molecule has 19 heavy (non-hydrogen) atoms. The van der Waals surface area contributed by atoms with Crippen molar-refractivity contribution in [3.63, 3.8) is 0 Å². The second-order valence-corrected chi connectivity index (χ2v) is 5.23. The number of benzene rings is 1. The molecule has 4 nitrogen and oxygen atoms in total. The first-order chi connectivity index (χ1) is 9.26. The molecule has 6 heteroatoms. The van der Waals surface area contributed by atoms with E-state index >= 15 is 0 Å². The SMILES string of the molecule is COCCOCCn1c(CCl)nc2ccc(Br)cc21. The molecule has 0 bridgehead atoms. The summed E-state index contributed by atoms with van der Waals surface area (Å²) < 4.78 is 13.6. The molecule has 2 rings (SSSR count). The zero-order valence-electron chi connectivity index (χ0n) is 10.7. The number of aromatic nitrogens is 2. The summed E-state index contributed by atoms with van der Waals surface area (Å²) in [5.41, 5.74) is 2.02. The van der Waals surface area contributed by atoms with Crippen molar-refractivity contribution in [1.82, 2.24) is 9.55 Å². The Bertz CT molecular complexity index is 545. The van der Waals surface area contributed by atoms with Crippen LogP contribution in [-0.4, -0.2) is 36.5 Å². The van der Waals surface area contributed by atoms with Gasteiger partial charge < -0.3 is 14.0 Å². The summed E-state index contributed by atoms with van der Waals surface area (Å²) >= 11 is 9.43. The van der Waals surface area contributed by atoms with Crippen molar-refractivity contribution in [2.75, 3.05) is 26.9 Å². The van der Waals surface area contributed by atoms with E-state index in [1.165, 1.54) is 0 Å². The molecule has 0 radical (unpaired) electrons. The first-order valence-corrected chi connectivity index (χ1v) is 7.36. The summed E-state index contributed by atoms with van der Waals surface area (Å²) in [5, 5.41) is 0. The fourth-order valence-corrected chi connectivity index (χ4v) is 2.45. The van der Waals surface area contributed by atoms with Crippen LogP contribution in [0.3, 0.4) is 0 Å². The van der Waals surface area contributed by atoms with Crippen LogP contribution in [0.15, 0.2) is 22.7 Å². The molecule has 1 aromatic carbocycles. The zero-order valence-corrected chi connectivity index (χ0v) is 13.1. The minimum absolute atomic E-state index is 0.393. The van der Waals surface area contributed by atoms with Gasteiger partial charge in [0.2, 0.25) is 0 Å². The van der Waals surface area contributed by atoms with Gasteiger partial charge in [-0.15, -0.1) is 11.6 Å². The molecule has 0 aliphatic heterocycles. The lowest BCUT2D eigenvalue weighted by molar-refractivity contribution is 0.0667. The average molecular weight is 348 g/mol. The van der Waals surface area contributed by atoms with Gasteiger partial charge in [-0.2, -0.15) is 0 Å². The first kappa shape index (κ1) is 14.8. The maximum atomic E-state index is 5.95. The number of nitrogens with zero attached hydrogens (tertiary/aromatic N) is 2. The maximum Gasteiger partial charge on any atom is 0.124 e. The number of methoxy groups -OCH3 is 1. The molecule has 0 aliphatic carbocycles. The van der Waals surface area contributed by atoms with E-state index in [1.807, 2.05) is 18.2 Å². The van der Waals surface area contributed by atoms with E-state index in [-0.39, 0.29) is 0 Å². The van der Waals surface area contributed by atoms with Gasteiger partial charge >= 0.3 is 0 Å². The van der Waals surface area contributed by atoms with Crippen molar-refractivity contribution in [2.24, 2.45) is 0 Å². The van der Waals surface area contributed by atoms with Crippen LogP contribution in [0.4, 0.5) is 0 Å². The van der Waals surface area contributed by atoms with Crippen molar-refractivity contribution >= 4 is 38.6 Å². The fraction of sp³-hybridized carbons (Fsp3) is 0.462. The molecular weight excluding hydrogens is 332 g/mol. The highest BCUT2D eigenvalue weighted by Gasteiger charge is 2.09. The summed E-state index contributed by atoms with van der Waals surface area (Å²) in [5.74, 6) is 1.26. The van der Waals surface area contributed by atoms with E-state index in [2.05, 4.69) is 25.5 Å². The van der Waals surface area contributed by atoms with Crippen LogP contribution in [0.2, 0.25) is 0 Å². The molecule has 0 amide bonds. The predicted octanol–water partition coefficient (Wildman–Crippen LogP) is 3.20. The van der Waals surface area contributed by atoms with E-state index in [4.69, 9.17) is 21.1 Å². The van der Waals surface area contributed by atoms with Gasteiger partial charge in [0, 0.05) is 18.1 Å². The van der Waals surface area contributed by atoms with Gasteiger partial charge in [0.05, 0.1) is 36.7 Å². The van der Waals surface area contributed by atoms with E-state index < -0.39 is 0 Å². The highest BCUT2D eigenvalue weighted by Crippen LogP contribution is 2.21. The van der Waals surface area contributed by atoms with Crippen molar-refractivity contribution in [1.29, 1.82) is 0 Å². The molecule has 0 atom stereocenters. The van der Waals surface area contributed by atoms with Crippen LogP contribution in [0.25, 0.3) is 11.0 Å². The minimum atomic E-state index is 0.393. The second-order valence-electron chi connectivity index (χ2n) is 4.05. The molecule has 1 aromatic heterocycles. The Morgan fingerprint density at radius 3 is 2.89 bits per heavy atom. The Labute approximate surface area is 125 Å². The van der Waals surface area contributed by atoms with Crippen molar-refractivity contribution in [3.8, 4) is 0 Å². The Hall–Kier alpha value is -0.620. The lowest BCUT2D eigenvalue weighted by Gasteiger charge is -2.08. The molecule has 2 aromatic rings. The largest absolute Gasteiger partial charge is 0.382 e. The fourth-order valence-electron chi connectivity index (χ4n) is 1.90. The number of fused-ring (bicyclic) bond motifs is 1. The Balaban J connectivity index is 2.13. The number of hydrogen-bond donors (Lipinski definition) is 0. The summed E-state index contributed by atoms with van der Waals surface area (Å²) in [6, 6.07) is 6.01. The third-order valence-corrected chi connectivity index (χ3v) is 3.53. The van der Waals surface area contributed by atoms with Gasteiger partial charge in [0.25, 0.3) is 0 Å². The van der Waals surface area contributed by atoms with E-state index in [9.17, 15) is 0 Å². The van der Waals surface area contributed by atoms with E-state index in [1.54, 1.807) is 7.11 Å². The molecular formula is C13H16BrClN2O2. The Morgan fingerprint density at radius 1 is 1.32 bits per heavy atom. The summed E-state index contributed by atoms with van der Waals surface area (Å²) in [6.45, 7) is 2.56. The molecule has 0 saturated carbocycles. The van der Waals surface area contributed by atoms with Crippen LogP contribution in [0.5, 0.6) is 0 Å². The molecule has 0 fully saturated rings. The standard InChI is InChI=1S/C13H16BrClN2O2/c1-18-6-7-19-5-4-17-12-8-10(14)2-3-11(12)16-13(17)9-15/h2-3,8H,4-7,9H2,1H3. The summed E-state index contributed by atoms with van der Waals surface area (Å²) in [7, 11) is 1.66. The number of imidazole rings is 1. The number of ether oxygens (including phenoxy) is 2. The topological polar surface area (TPSA) is 36.3 Å². The second kappa shape index (κ2) is 7.24. The van der Waals surface area contributed by atoms with Crippen LogP contribution in [0, 0.1) is 0 Å². The van der Waals surface area contributed by atoms with Crippen molar-refractivity contribution < 1.29 is 9.47 Å². The van der Waals surface area contributed by atoms with Gasteiger partial charge in [0.15, 0.2) is 0 Å². The summed E-state index contributed by atoms with van der Waals surface area (Å²) in [6.07, 6.45) is 0. The summed E-state index contributed by atoms with van der Waals surface area (Å²) in [4.78, 5) is 4.52. The quantitative estimate of drug-likeness (QED) is 0.570. The molecule has 0 saturated heterocycles. The number of alkyl halides is 1. The smallest absolute Gasteiger partial charge is 0.124 e. The van der Waals surface area contributed by atoms with Gasteiger partial charge in [-0.25, -0.2) is 4.98 Å². The molecule has 0 unspecified atom stereocenters. The van der Waals surface area contributed by atoms with Gasteiger partial charge in [0.1, 0.15) is 5.82 Å². The zero-order chi connectivity index (χ0) is 13.7. The van der Waals surface area contributed by atoms with E-state index in [0.717, 1.165) is 27.9 Å². The number of rotatable bonds is 7. The highest BCUT2D eigenvalue weighted by atomic mass is 79.9. The Kier molecular flexibility index (Phi) is 5.63. The Morgan fingerprint density at radius 2 is 2.16 bits per heavy atom. The van der Waals surface area contributed by atoms with Crippen LogP contribution in [0.1, 0.15) is 5.82 Å². The highest BCUT2D eigenvalue weighted by molar-refractivity contribution is 9.10. The lowest BCUT2D eigenvalue weighted by atomic mass is 10.3. The van der Waals surface area contributed by atoms with Crippen molar-refractivity contribution in [2.45, 2.75) is 12.4 Å². The van der Waals surface area contributed by atoms with Gasteiger partial charge in [-0.3, -0.25) is 0 Å². The molecule has 104 valence electrons. The molecule has 0 N–H and O–H groups in total. The number of halogens is 2. The number of hydrogen-bond acceptors (Lipinski definition) is 3. The van der Waals surface area contributed by atoms with Gasteiger partial charge in [-0.1, -0.05) is 15.9 Å². The molecule has 0 aliphatic rings. The van der Waals surface area contributed by atoms with Crippen LogP contribution >= 0.6 is 27.5 Å². The van der Waals surface area contributed by atoms with Crippen molar-refractivity contribution in [3.05, 3.63) is 28.5 Å². The average Bonchev–Trinajstić information content (AvgIpc) is 2.76.